The lowest BCUT2D eigenvalue weighted by Crippen LogP contribution is -2.50. The Kier molecular flexibility index (Phi) is 2.20. The van der Waals surface area contributed by atoms with Gasteiger partial charge < -0.3 is 5.73 Å². The predicted octanol–water partition coefficient (Wildman–Crippen LogP) is -0.495. The molecule has 1 fully saturated rings. The third-order valence-electron chi connectivity index (χ3n) is 1.95. The highest BCUT2D eigenvalue weighted by atomic mass is 16.2. The summed E-state index contributed by atoms with van der Waals surface area (Å²) in [5, 5.41) is 2.18. The van der Waals surface area contributed by atoms with Crippen molar-refractivity contribution in [3.05, 3.63) is 12.4 Å². The van der Waals surface area contributed by atoms with E-state index in [1.165, 1.54) is 17.3 Å². The van der Waals surface area contributed by atoms with Crippen molar-refractivity contribution in [2.45, 2.75) is 6.42 Å². The van der Waals surface area contributed by atoms with E-state index in [1.807, 2.05) is 0 Å². The van der Waals surface area contributed by atoms with Gasteiger partial charge >= 0.3 is 6.03 Å². The number of hydrogen-bond donors (Lipinski definition) is 2. The van der Waals surface area contributed by atoms with Crippen LogP contribution < -0.4 is 16.0 Å². The Morgan fingerprint density at radius 3 is 2.60 bits per heavy atom. The number of carbonyl (C=O) groups excluding carboxylic acids is 2. The normalized spacial score (nSPS) is 16.4. The summed E-state index contributed by atoms with van der Waals surface area (Å²) in [6.45, 7) is 0.286. The highest BCUT2D eigenvalue weighted by molar-refractivity contribution is 6.04. The third-order valence-corrected chi connectivity index (χ3v) is 1.95. The van der Waals surface area contributed by atoms with Gasteiger partial charge in [-0.05, 0) is 0 Å². The van der Waals surface area contributed by atoms with Crippen molar-refractivity contribution < 1.29 is 9.59 Å². The number of nitrogen functional groups attached to an aromatic ring is 1. The largest absolute Gasteiger partial charge is 0.396 e. The van der Waals surface area contributed by atoms with E-state index >= 15 is 0 Å². The van der Waals surface area contributed by atoms with E-state index in [-0.39, 0.29) is 24.8 Å². The summed E-state index contributed by atoms with van der Waals surface area (Å²) in [6.07, 6.45) is 3.07. The number of amides is 3. The van der Waals surface area contributed by atoms with Gasteiger partial charge in [0, 0.05) is 13.0 Å². The minimum atomic E-state index is -0.504. The molecule has 0 aromatic carbocycles. The Labute approximate surface area is 85.3 Å². The molecule has 1 aliphatic rings. The second kappa shape index (κ2) is 3.52. The second-order valence-electron chi connectivity index (χ2n) is 3.07. The molecule has 7 heteroatoms. The molecule has 2 heterocycles. The highest BCUT2D eigenvalue weighted by Crippen LogP contribution is 2.11. The van der Waals surface area contributed by atoms with E-state index in [4.69, 9.17) is 5.73 Å². The van der Waals surface area contributed by atoms with Crippen molar-refractivity contribution >= 4 is 23.6 Å². The molecular formula is C8H9N5O2. The number of rotatable bonds is 1. The number of nitrogens with one attached hydrogen (secondary N) is 1. The molecule has 78 valence electrons. The molecule has 0 bridgehead atoms. The molecule has 0 unspecified atom stereocenters. The number of hydrogen-bond acceptors (Lipinski definition) is 5. The lowest BCUT2D eigenvalue weighted by atomic mass is 10.3. The lowest BCUT2D eigenvalue weighted by Gasteiger charge is -2.24. The average molecular weight is 207 g/mol. The Bertz CT molecular complexity index is 402. The summed E-state index contributed by atoms with van der Waals surface area (Å²) < 4.78 is 0. The van der Waals surface area contributed by atoms with Gasteiger partial charge in [-0.3, -0.25) is 15.0 Å². The van der Waals surface area contributed by atoms with Crippen LogP contribution in [-0.2, 0) is 4.79 Å². The number of aromatic nitrogens is 2. The van der Waals surface area contributed by atoms with Crippen molar-refractivity contribution in [2.75, 3.05) is 17.2 Å². The molecule has 1 aromatic rings. The Balaban J connectivity index is 2.20. The maximum absolute atomic E-state index is 11.4. The Morgan fingerprint density at radius 1 is 1.33 bits per heavy atom. The summed E-state index contributed by atoms with van der Waals surface area (Å²) >= 11 is 0. The van der Waals surface area contributed by atoms with Crippen molar-refractivity contribution in [3.63, 3.8) is 0 Å². The zero-order valence-corrected chi connectivity index (χ0v) is 7.80. The maximum Gasteiger partial charge on any atom is 0.330 e. The van der Waals surface area contributed by atoms with Gasteiger partial charge in [0.05, 0.1) is 18.1 Å². The van der Waals surface area contributed by atoms with E-state index in [0.717, 1.165) is 0 Å². The molecule has 2 rings (SSSR count). The van der Waals surface area contributed by atoms with E-state index < -0.39 is 6.03 Å². The van der Waals surface area contributed by atoms with E-state index in [0.29, 0.717) is 5.69 Å². The second-order valence-corrected chi connectivity index (χ2v) is 3.07. The molecule has 7 nitrogen and oxygen atoms in total. The summed E-state index contributed by atoms with van der Waals surface area (Å²) in [4.78, 5) is 31.3. The molecule has 0 saturated carbocycles. The first-order chi connectivity index (χ1) is 7.16. The third kappa shape index (κ3) is 1.85. The summed E-state index contributed by atoms with van der Waals surface area (Å²) in [6, 6.07) is -0.504. The topological polar surface area (TPSA) is 101 Å². The Hall–Kier alpha value is -2.18. The molecule has 0 atom stereocenters. The van der Waals surface area contributed by atoms with Crippen LogP contribution in [0.1, 0.15) is 6.42 Å². The highest BCUT2D eigenvalue weighted by Gasteiger charge is 2.25. The number of carbonyl (C=O) groups is 2. The molecule has 0 radical (unpaired) electrons. The predicted molar refractivity (Wildman–Crippen MR) is 51.9 cm³/mol. The van der Waals surface area contributed by atoms with Crippen LogP contribution in [0.2, 0.25) is 0 Å². The van der Waals surface area contributed by atoms with Gasteiger partial charge in [-0.2, -0.15) is 0 Å². The van der Waals surface area contributed by atoms with Gasteiger partial charge in [-0.25, -0.2) is 14.8 Å². The fourth-order valence-electron chi connectivity index (χ4n) is 1.23. The van der Waals surface area contributed by atoms with Crippen LogP contribution in [0.3, 0.4) is 0 Å². The van der Waals surface area contributed by atoms with Crippen molar-refractivity contribution in [1.82, 2.24) is 15.3 Å². The van der Waals surface area contributed by atoms with E-state index in [9.17, 15) is 9.59 Å². The molecule has 0 spiro atoms. The number of nitrogens with two attached hydrogens (primary N) is 1. The van der Waals surface area contributed by atoms with Crippen LogP contribution >= 0.6 is 0 Å². The molecular weight excluding hydrogens is 198 g/mol. The molecule has 0 aliphatic carbocycles. The maximum atomic E-state index is 11.4. The monoisotopic (exact) mass is 207 g/mol. The standard InChI is InChI=1S/C8H9N5O2/c9-5-3-10-7(11-4-5)13-2-1-6(14)12-8(13)15/h3-4H,1-2,9H2,(H,12,14,15). The number of urea groups is 1. The van der Waals surface area contributed by atoms with Crippen molar-refractivity contribution in [1.29, 1.82) is 0 Å². The smallest absolute Gasteiger partial charge is 0.330 e. The minimum Gasteiger partial charge on any atom is -0.396 e. The fraction of sp³-hybridized carbons (Fsp3) is 0.250. The van der Waals surface area contributed by atoms with Gasteiger partial charge in [0.2, 0.25) is 11.9 Å². The van der Waals surface area contributed by atoms with Crippen LogP contribution in [0.25, 0.3) is 0 Å². The van der Waals surface area contributed by atoms with Gasteiger partial charge in [0.1, 0.15) is 0 Å². The first-order valence-electron chi connectivity index (χ1n) is 4.35. The summed E-state index contributed by atoms with van der Waals surface area (Å²) in [7, 11) is 0. The minimum absolute atomic E-state index is 0.245. The van der Waals surface area contributed by atoms with Gasteiger partial charge in [0.25, 0.3) is 0 Å². The SMILES string of the molecule is Nc1cnc(N2CCC(=O)NC2=O)nc1. The zero-order valence-electron chi connectivity index (χ0n) is 7.80. The van der Waals surface area contributed by atoms with Gasteiger partial charge in [0.15, 0.2) is 0 Å². The fourth-order valence-corrected chi connectivity index (χ4v) is 1.23. The first kappa shape index (κ1) is 9.38. The molecule has 1 aliphatic heterocycles. The summed E-state index contributed by atoms with van der Waals surface area (Å²) in [5.41, 5.74) is 5.84. The molecule has 1 saturated heterocycles. The molecule has 3 amide bonds. The molecule has 3 N–H and O–H groups in total. The molecule has 1 aromatic heterocycles. The van der Waals surface area contributed by atoms with Crippen molar-refractivity contribution in [2.24, 2.45) is 0 Å². The quantitative estimate of drug-likeness (QED) is 0.646. The molecule has 15 heavy (non-hydrogen) atoms. The van der Waals surface area contributed by atoms with Gasteiger partial charge in [-0.1, -0.05) is 0 Å². The van der Waals surface area contributed by atoms with Gasteiger partial charge in [-0.15, -0.1) is 0 Å². The lowest BCUT2D eigenvalue weighted by molar-refractivity contribution is -0.120. The zero-order chi connectivity index (χ0) is 10.8. The average Bonchev–Trinajstić information content (AvgIpc) is 2.20. The first-order valence-corrected chi connectivity index (χ1v) is 4.35. The van der Waals surface area contributed by atoms with Crippen LogP contribution in [0.15, 0.2) is 12.4 Å². The number of nitrogens with zero attached hydrogens (tertiary/aromatic N) is 3. The number of anilines is 2. The van der Waals surface area contributed by atoms with E-state index in [1.54, 1.807) is 0 Å². The van der Waals surface area contributed by atoms with Crippen LogP contribution in [0.4, 0.5) is 16.4 Å². The Morgan fingerprint density at radius 2 is 2.00 bits per heavy atom. The number of imide groups is 1. The summed E-state index contributed by atoms with van der Waals surface area (Å²) in [5.74, 6) is -0.0408. The van der Waals surface area contributed by atoms with Crippen LogP contribution in [0, 0.1) is 0 Å². The van der Waals surface area contributed by atoms with Crippen LogP contribution in [0.5, 0.6) is 0 Å². The van der Waals surface area contributed by atoms with Crippen LogP contribution in [-0.4, -0.2) is 28.5 Å². The van der Waals surface area contributed by atoms with E-state index in [2.05, 4.69) is 15.3 Å². The van der Waals surface area contributed by atoms with Crippen molar-refractivity contribution in [3.8, 4) is 0 Å².